The average Bonchev–Trinajstić information content (AvgIpc) is 2.93. The molecule has 2 aliphatic rings. The number of nitrogens with zero attached hydrogens (tertiary/aromatic N) is 2. The van der Waals surface area contributed by atoms with Crippen molar-refractivity contribution in [2.45, 2.75) is 38.0 Å². The van der Waals surface area contributed by atoms with Crippen molar-refractivity contribution in [1.82, 2.24) is 4.90 Å². The number of hydrogen-bond acceptors (Lipinski definition) is 3. The SMILES string of the molecule is OCCC1CCN(CCN2CCCC(c3ccc(F)cc3)c3ccc(F)cc32)CC1. The van der Waals surface area contributed by atoms with E-state index in [-0.39, 0.29) is 24.2 Å². The van der Waals surface area contributed by atoms with Crippen LogP contribution in [-0.2, 0) is 0 Å². The molecule has 2 aromatic rings. The largest absolute Gasteiger partial charge is 0.396 e. The summed E-state index contributed by atoms with van der Waals surface area (Å²) in [6.45, 7) is 5.21. The van der Waals surface area contributed by atoms with Gasteiger partial charge in [0.05, 0.1) is 0 Å². The van der Waals surface area contributed by atoms with Gasteiger partial charge in [0.15, 0.2) is 0 Å². The number of halogens is 2. The molecule has 0 aromatic heterocycles. The maximum Gasteiger partial charge on any atom is 0.125 e. The molecular formula is C25H32F2N2O. The van der Waals surface area contributed by atoms with E-state index in [0.717, 1.165) is 81.6 Å². The van der Waals surface area contributed by atoms with Crippen molar-refractivity contribution < 1.29 is 13.9 Å². The van der Waals surface area contributed by atoms with Crippen LogP contribution in [0.3, 0.4) is 0 Å². The summed E-state index contributed by atoms with van der Waals surface area (Å²) in [4.78, 5) is 4.83. The number of anilines is 1. The van der Waals surface area contributed by atoms with Crippen molar-refractivity contribution in [3.05, 3.63) is 65.2 Å². The van der Waals surface area contributed by atoms with Crippen LogP contribution in [0, 0.1) is 17.6 Å². The molecule has 2 aromatic carbocycles. The molecule has 2 heterocycles. The Labute approximate surface area is 178 Å². The lowest BCUT2D eigenvalue weighted by molar-refractivity contribution is 0.161. The zero-order chi connectivity index (χ0) is 20.9. The van der Waals surface area contributed by atoms with Crippen LogP contribution in [0.15, 0.2) is 42.5 Å². The van der Waals surface area contributed by atoms with E-state index in [1.165, 1.54) is 12.1 Å². The molecule has 1 N–H and O–H groups in total. The first kappa shape index (κ1) is 21.3. The molecule has 4 rings (SSSR count). The molecule has 1 saturated heterocycles. The molecule has 0 aliphatic carbocycles. The molecule has 0 radical (unpaired) electrons. The van der Waals surface area contributed by atoms with Crippen molar-refractivity contribution in [3.63, 3.8) is 0 Å². The summed E-state index contributed by atoms with van der Waals surface area (Å²) < 4.78 is 27.6. The second-order valence-electron chi connectivity index (χ2n) is 8.73. The van der Waals surface area contributed by atoms with Crippen LogP contribution in [0.25, 0.3) is 0 Å². The first-order valence-electron chi connectivity index (χ1n) is 11.3. The third kappa shape index (κ3) is 5.01. The van der Waals surface area contributed by atoms with Gasteiger partial charge in [-0.05, 0) is 86.5 Å². The number of hydrogen-bond donors (Lipinski definition) is 1. The van der Waals surface area contributed by atoms with Crippen LogP contribution >= 0.6 is 0 Å². The van der Waals surface area contributed by atoms with Crippen LogP contribution in [0.2, 0.25) is 0 Å². The minimum absolute atomic E-state index is 0.167. The minimum atomic E-state index is -0.226. The lowest BCUT2D eigenvalue weighted by Gasteiger charge is -2.34. The van der Waals surface area contributed by atoms with Gasteiger partial charge in [0.25, 0.3) is 0 Å². The Hall–Kier alpha value is -1.98. The van der Waals surface area contributed by atoms with Gasteiger partial charge in [-0.15, -0.1) is 0 Å². The highest BCUT2D eigenvalue weighted by Crippen LogP contribution is 2.39. The number of aliphatic hydroxyl groups excluding tert-OH is 1. The summed E-state index contributed by atoms with van der Waals surface area (Å²) in [6, 6.07) is 11.9. The van der Waals surface area contributed by atoms with E-state index in [1.807, 2.05) is 18.2 Å². The Bertz CT molecular complexity index is 818. The van der Waals surface area contributed by atoms with Crippen LogP contribution in [-0.4, -0.2) is 49.3 Å². The molecule has 0 amide bonds. The van der Waals surface area contributed by atoms with E-state index in [1.54, 1.807) is 12.1 Å². The number of aliphatic hydroxyl groups is 1. The molecular weight excluding hydrogens is 382 g/mol. The van der Waals surface area contributed by atoms with Gasteiger partial charge in [0.2, 0.25) is 0 Å². The van der Waals surface area contributed by atoms with Crippen LogP contribution in [0.5, 0.6) is 0 Å². The van der Waals surface area contributed by atoms with Crippen LogP contribution in [0.1, 0.15) is 49.1 Å². The molecule has 1 fully saturated rings. The Morgan fingerprint density at radius 1 is 0.867 bits per heavy atom. The van der Waals surface area contributed by atoms with E-state index in [0.29, 0.717) is 5.92 Å². The van der Waals surface area contributed by atoms with Crippen molar-refractivity contribution in [2.75, 3.05) is 44.2 Å². The lowest BCUT2D eigenvalue weighted by atomic mass is 9.87. The fourth-order valence-electron chi connectivity index (χ4n) is 5.06. The monoisotopic (exact) mass is 414 g/mol. The number of likely N-dealkylation sites (tertiary alicyclic amines) is 1. The molecule has 2 aliphatic heterocycles. The summed E-state index contributed by atoms with van der Waals surface area (Å²) >= 11 is 0. The van der Waals surface area contributed by atoms with Crippen LogP contribution in [0.4, 0.5) is 14.5 Å². The second-order valence-corrected chi connectivity index (χ2v) is 8.73. The van der Waals surface area contributed by atoms with Gasteiger partial charge in [-0.3, -0.25) is 0 Å². The van der Waals surface area contributed by atoms with Gasteiger partial charge in [0, 0.05) is 37.8 Å². The predicted molar refractivity (Wildman–Crippen MR) is 117 cm³/mol. The van der Waals surface area contributed by atoms with Crippen molar-refractivity contribution in [1.29, 1.82) is 0 Å². The molecule has 1 atom stereocenters. The van der Waals surface area contributed by atoms with Gasteiger partial charge in [0.1, 0.15) is 11.6 Å². The maximum absolute atomic E-state index is 14.2. The summed E-state index contributed by atoms with van der Waals surface area (Å²) in [5.41, 5.74) is 3.22. The van der Waals surface area contributed by atoms with Crippen LogP contribution < -0.4 is 4.90 Å². The third-order valence-corrected chi connectivity index (χ3v) is 6.83. The van der Waals surface area contributed by atoms with Gasteiger partial charge in [-0.2, -0.15) is 0 Å². The van der Waals surface area contributed by atoms with E-state index in [4.69, 9.17) is 5.11 Å². The Balaban J connectivity index is 1.48. The predicted octanol–water partition coefficient (Wildman–Crippen LogP) is 4.79. The summed E-state index contributed by atoms with van der Waals surface area (Å²) in [5, 5.41) is 9.15. The van der Waals surface area contributed by atoms with E-state index in [2.05, 4.69) is 9.80 Å². The molecule has 0 bridgehead atoms. The van der Waals surface area contributed by atoms with Crippen molar-refractivity contribution in [3.8, 4) is 0 Å². The smallest absolute Gasteiger partial charge is 0.125 e. The molecule has 0 saturated carbocycles. The fraction of sp³-hybridized carbons (Fsp3) is 0.520. The zero-order valence-corrected chi connectivity index (χ0v) is 17.6. The minimum Gasteiger partial charge on any atom is -0.396 e. The fourth-order valence-corrected chi connectivity index (χ4v) is 5.06. The van der Waals surface area contributed by atoms with E-state index in [9.17, 15) is 8.78 Å². The standard InChI is InChI=1S/C25H32F2N2O/c26-21-5-3-20(4-6-21)23-2-1-12-29(25-18-22(27)7-8-24(23)25)16-15-28-13-9-19(10-14-28)11-17-30/h3-8,18-19,23,30H,1-2,9-17H2. The number of piperidine rings is 1. The molecule has 3 nitrogen and oxygen atoms in total. The molecule has 0 spiro atoms. The highest BCUT2D eigenvalue weighted by Gasteiger charge is 2.26. The number of rotatable bonds is 6. The average molecular weight is 415 g/mol. The quantitative estimate of drug-likeness (QED) is 0.736. The summed E-state index contributed by atoms with van der Waals surface area (Å²) in [5.74, 6) is 0.385. The second kappa shape index (κ2) is 9.88. The number of benzene rings is 2. The molecule has 30 heavy (non-hydrogen) atoms. The Morgan fingerprint density at radius 3 is 2.33 bits per heavy atom. The van der Waals surface area contributed by atoms with Gasteiger partial charge in [-0.1, -0.05) is 18.2 Å². The summed E-state index contributed by atoms with van der Waals surface area (Å²) in [6.07, 6.45) is 5.22. The van der Waals surface area contributed by atoms with Crippen molar-refractivity contribution in [2.24, 2.45) is 5.92 Å². The summed E-state index contributed by atoms with van der Waals surface area (Å²) in [7, 11) is 0. The first-order chi connectivity index (χ1) is 14.6. The van der Waals surface area contributed by atoms with Gasteiger partial charge >= 0.3 is 0 Å². The van der Waals surface area contributed by atoms with Crippen molar-refractivity contribution >= 4 is 5.69 Å². The van der Waals surface area contributed by atoms with E-state index < -0.39 is 0 Å². The Kier molecular flexibility index (Phi) is 7.00. The maximum atomic E-state index is 14.2. The molecule has 162 valence electrons. The normalized spacial score (nSPS) is 20.8. The van der Waals surface area contributed by atoms with Gasteiger partial charge in [-0.25, -0.2) is 8.78 Å². The zero-order valence-electron chi connectivity index (χ0n) is 17.6. The Morgan fingerprint density at radius 2 is 1.60 bits per heavy atom. The number of fused-ring (bicyclic) bond motifs is 1. The van der Waals surface area contributed by atoms with E-state index >= 15 is 0 Å². The molecule has 1 unspecified atom stereocenters. The first-order valence-corrected chi connectivity index (χ1v) is 11.3. The third-order valence-electron chi connectivity index (χ3n) is 6.83. The topological polar surface area (TPSA) is 26.7 Å². The van der Waals surface area contributed by atoms with Gasteiger partial charge < -0.3 is 14.9 Å². The lowest BCUT2D eigenvalue weighted by Crippen LogP contribution is -2.40. The highest BCUT2D eigenvalue weighted by atomic mass is 19.1. The molecule has 5 heteroatoms. The highest BCUT2D eigenvalue weighted by molar-refractivity contribution is 5.58.